The third-order valence-corrected chi connectivity index (χ3v) is 2.35. The second kappa shape index (κ2) is 5.65. The van der Waals surface area contributed by atoms with E-state index in [1.807, 2.05) is 0 Å². The minimum atomic E-state index is -0.0495. The second-order valence-electron chi connectivity index (χ2n) is 4.48. The molecule has 1 aromatic heterocycles. The number of rotatable bonds is 6. The Morgan fingerprint density at radius 2 is 1.82 bits per heavy atom. The molecule has 0 fully saturated rings. The van der Waals surface area contributed by atoms with Crippen molar-refractivity contribution in [1.82, 2.24) is 15.0 Å². The van der Waals surface area contributed by atoms with E-state index < -0.39 is 0 Å². The molecule has 17 heavy (non-hydrogen) atoms. The Morgan fingerprint density at radius 1 is 1.18 bits per heavy atom. The van der Waals surface area contributed by atoms with Crippen molar-refractivity contribution in [3.05, 3.63) is 0 Å². The fourth-order valence-electron chi connectivity index (χ4n) is 1.61. The van der Waals surface area contributed by atoms with Gasteiger partial charge in [0.2, 0.25) is 11.9 Å². The summed E-state index contributed by atoms with van der Waals surface area (Å²) in [6, 6.07) is 0.305. The molecule has 0 aliphatic heterocycles. The highest BCUT2D eigenvalue weighted by atomic mass is 16.5. The Morgan fingerprint density at radius 3 is 2.35 bits per heavy atom. The first-order chi connectivity index (χ1) is 8.00. The first-order valence-corrected chi connectivity index (χ1v) is 5.76. The fourth-order valence-corrected chi connectivity index (χ4v) is 1.61. The van der Waals surface area contributed by atoms with Crippen LogP contribution in [0.4, 0.5) is 11.9 Å². The molecule has 1 rings (SSSR count). The third-order valence-electron chi connectivity index (χ3n) is 2.35. The van der Waals surface area contributed by atoms with Crippen LogP contribution in [0, 0.1) is 0 Å². The van der Waals surface area contributed by atoms with Gasteiger partial charge in [-0.15, -0.1) is 0 Å². The Labute approximate surface area is 102 Å². The van der Waals surface area contributed by atoms with Crippen molar-refractivity contribution in [2.75, 3.05) is 24.8 Å². The number of nitrogens with zero attached hydrogens (tertiary/aromatic N) is 3. The van der Waals surface area contributed by atoms with Crippen LogP contribution >= 0.6 is 0 Å². The van der Waals surface area contributed by atoms with Crippen LogP contribution in [0.25, 0.3) is 0 Å². The highest BCUT2D eigenvalue weighted by Gasteiger charge is 2.18. The molecule has 0 unspecified atom stereocenters. The molecular formula is C11H21N5O. The Bertz CT molecular complexity index is 345. The maximum atomic E-state index is 5.03. The quantitative estimate of drug-likeness (QED) is 0.790. The van der Waals surface area contributed by atoms with E-state index in [1.54, 1.807) is 7.05 Å². The number of nitrogens with one attached hydrogen (secondary N) is 2. The Hall–Kier alpha value is -1.59. The Kier molecular flexibility index (Phi) is 4.48. The number of aromatic nitrogens is 3. The minimum Gasteiger partial charge on any atom is -0.467 e. The molecule has 0 saturated carbocycles. The second-order valence-corrected chi connectivity index (χ2v) is 4.48. The summed E-state index contributed by atoms with van der Waals surface area (Å²) in [5.74, 6) is 1.02. The van der Waals surface area contributed by atoms with Gasteiger partial charge < -0.3 is 15.4 Å². The number of ether oxygens (including phenoxy) is 1. The van der Waals surface area contributed by atoms with Gasteiger partial charge in [-0.05, 0) is 20.3 Å². The molecule has 96 valence electrons. The molecule has 0 aliphatic rings. The van der Waals surface area contributed by atoms with Gasteiger partial charge in [0.15, 0.2) is 0 Å². The van der Waals surface area contributed by atoms with Crippen LogP contribution in [-0.2, 0) is 0 Å². The predicted octanol–water partition coefficient (Wildman–Crippen LogP) is 1.91. The fraction of sp³-hybridized carbons (Fsp3) is 0.727. The molecule has 2 N–H and O–H groups in total. The standard InChI is InChI=1S/C11H21N5O/c1-6-7-11(2,3)16-9-13-8(12-4)14-10(15-9)17-5/h6-7H2,1-5H3,(H2,12,13,14,15,16). The normalized spacial score (nSPS) is 11.1. The summed E-state index contributed by atoms with van der Waals surface area (Å²) in [5.41, 5.74) is -0.0495. The third kappa shape index (κ3) is 4.05. The molecule has 1 heterocycles. The highest BCUT2D eigenvalue weighted by molar-refractivity contribution is 5.37. The van der Waals surface area contributed by atoms with E-state index in [4.69, 9.17) is 4.74 Å². The molecule has 0 saturated heterocycles. The minimum absolute atomic E-state index is 0.0495. The zero-order chi connectivity index (χ0) is 12.9. The average Bonchev–Trinajstić information content (AvgIpc) is 2.27. The molecule has 0 atom stereocenters. The molecule has 0 amide bonds. The van der Waals surface area contributed by atoms with Crippen LogP contribution in [0.5, 0.6) is 6.01 Å². The molecule has 0 bridgehead atoms. The summed E-state index contributed by atoms with van der Waals surface area (Å²) in [4.78, 5) is 12.5. The van der Waals surface area contributed by atoms with Gasteiger partial charge in [0.25, 0.3) is 0 Å². The zero-order valence-corrected chi connectivity index (χ0v) is 11.2. The van der Waals surface area contributed by atoms with Crippen molar-refractivity contribution >= 4 is 11.9 Å². The monoisotopic (exact) mass is 239 g/mol. The van der Waals surface area contributed by atoms with Gasteiger partial charge in [-0.25, -0.2) is 0 Å². The molecule has 0 radical (unpaired) electrons. The number of hydrogen-bond donors (Lipinski definition) is 2. The average molecular weight is 239 g/mol. The maximum Gasteiger partial charge on any atom is 0.322 e. The smallest absolute Gasteiger partial charge is 0.322 e. The van der Waals surface area contributed by atoms with E-state index >= 15 is 0 Å². The topological polar surface area (TPSA) is 72.0 Å². The zero-order valence-electron chi connectivity index (χ0n) is 11.2. The van der Waals surface area contributed by atoms with Crippen molar-refractivity contribution in [3.63, 3.8) is 0 Å². The van der Waals surface area contributed by atoms with E-state index in [9.17, 15) is 0 Å². The van der Waals surface area contributed by atoms with Gasteiger partial charge in [0, 0.05) is 12.6 Å². The highest BCUT2D eigenvalue weighted by Crippen LogP contribution is 2.18. The first-order valence-electron chi connectivity index (χ1n) is 5.76. The SMILES string of the molecule is CCCC(C)(C)Nc1nc(NC)nc(OC)n1. The first kappa shape index (κ1) is 13.5. The molecule has 6 nitrogen and oxygen atoms in total. The lowest BCUT2D eigenvalue weighted by Gasteiger charge is -2.25. The molecule has 1 aromatic rings. The van der Waals surface area contributed by atoms with Crippen LogP contribution in [0.2, 0.25) is 0 Å². The summed E-state index contributed by atoms with van der Waals surface area (Å²) in [6.45, 7) is 6.38. The summed E-state index contributed by atoms with van der Waals surface area (Å²) < 4.78 is 5.03. The van der Waals surface area contributed by atoms with Gasteiger partial charge in [-0.2, -0.15) is 15.0 Å². The van der Waals surface area contributed by atoms with Crippen LogP contribution in [0.1, 0.15) is 33.6 Å². The van der Waals surface area contributed by atoms with Crippen LogP contribution in [0.3, 0.4) is 0 Å². The molecule has 0 aliphatic carbocycles. The van der Waals surface area contributed by atoms with Crippen molar-refractivity contribution in [3.8, 4) is 6.01 Å². The van der Waals surface area contributed by atoms with E-state index in [0.717, 1.165) is 12.8 Å². The van der Waals surface area contributed by atoms with Crippen molar-refractivity contribution < 1.29 is 4.74 Å². The van der Waals surface area contributed by atoms with Crippen molar-refractivity contribution in [2.45, 2.75) is 39.2 Å². The number of hydrogen-bond acceptors (Lipinski definition) is 6. The lowest BCUT2D eigenvalue weighted by molar-refractivity contribution is 0.378. The van der Waals surface area contributed by atoms with Gasteiger partial charge in [0.1, 0.15) is 0 Å². The molecular weight excluding hydrogens is 218 g/mol. The summed E-state index contributed by atoms with van der Waals surface area (Å²) in [5, 5.41) is 6.16. The van der Waals surface area contributed by atoms with E-state index in [0.29, 0.717) is 17.9 Å². The van der Waals surface area contributed by atoms with E-state index in [1.165, 1.54) is 7.11 Å². The maximum absolute atomic E-state index is 5.03. The van der Waals surface area contributed by atoms with Crippen LogP contribution in [0.15, 0.2) is 0 Å². The van der Waals surface area contributed by atoms with Crippen molar-refractivity contribution in [1.29, 1.82) is 0 Å². The van der Waals surface area contributed by atoms with Crippen LogP contribution < -0.4 is 15.4 Å². The van der Waals surface area contributed by atoms with E-state index in [-0.39, 0.29) is 5.54 Å². The molecule has 0 aromatic carbocycles. The van der Waals surface area contributed by atoms with E-state index in [2.05, 4.69) is 46.4 Å². The lowest BCUT2D eigenvalue weighted by atomic mass is 9.99. The van der Waals surface area contributed by atoms with Gasteiger partial charge in [-0.3, -0.25) is 0 Å². The van der Waals surface area contributed by atoms with Crippen LogP contribution in [-0.4, -0.2) is 34.6 Å². The summed E-state index contributed by atoms with van der Waals surface area (Å²) >= 11 is 0. The lowest BCUT2D eigenvalue weighted by Crippen LogP contribution is -2.31. The number of anilines is 2. The molecule has 6 heteroatoms. The van der Waals surface area contributed by atoms with Gasteiger partial charge in [0.05, 0.1) is 7.11 Å². The molecule has 0 spiro atoms. The summed E-state index contributed by atoms with van der Waals surface area (Å²) in [6.07, 6.45) is 2.14. The number of methoxy groups -OCH3 is 1. The van der Waals surface area contributed by atoms with Gasteiger partial charge in [-0.1, -0.05) is 13.3 Å². The largest absolute Gasteiger partial charge is 0.467 e. The summed E-state index contributed by atoms with van der Waals surface area (Å²) in [7, 11) is 3.30. The Balaban J connectivity index is 2.89. The predicted molar refractivity (Wildman–Crippen MR) is 68.5 cm³/mol. The van der Waals surface area contributed by atoms with Crippen molar-refractivity contribution in [2.24, 2.45) is 0 Å². The van der Waals surface area contributed by atoms with Gasteiger partial charge >= 0.3 is 6.01 Å².